The lowest BCUT2D eigenvalue weighted by molar-refractivity contribution is 0.104. The number of carbonyl (C=O) groups is 1. The van der Waals surface area contributed by atoms with Crippen molar-refractivity contribution < 1.29 is 24.1 Å². The topological polar surface area (TPSA) is 65.0 Å². The molecule has 2 rings (SSSR count). The standard InChI is InChI=1S/C18H17ClO5/c1-22-16-9-5-11(17(23-2)18(16)24-3)4-7-14(20)13-10-12(19)6-8-15(13)21/h4-10,21H,1-3H3/b7-4+. The number of phenolic OH excluding ortho intramolecular Hbond substituents is 1. The van der Waals surface area contributed by atoms with Crippen molar-refractivity contribution in [3.63, 3.8) is 0 Å². The molecule has 0 unspecified atom stereocenters. The van der Waals surface area contributed by atoms with Gasteiger partial charge in [-0.15, -0.1) is 0 Å². The normalized spacial score (nSPS) is 10.7. The molecule has 126 valence electrons. The van der Waals surface area contributed by atoms with Gasteiger partial charge in [0.1, 0.15) is 5.75 Å². The summed E-state index contributed by atoms with van der Waals surface area (Å²) >= 11 is 5.86. The molecule has 24 heavy (non-hydrogen) atoms. The van der Waals surface area contributed by atoms with Crippen LogP contribution in [0.2, 0.25) is 5.02 Å². The van der Waals surface area contributed by atoms with Gasteiger partial charge in [-0.3, -0.25) is 4.79 Å². The number of allylic oxidation sites excluding steroid dienone is 1. The number of methoxy groups -OCH3 is 3. The number of ketones is 1. The highest BCUT2D eigenvalue weighted by atomic mass is 35.5. The van der Waals surface area contributed by atoms with Crippen LogP contribution in [0, 0.1) is 0 Å². The van der Waals surface area contributed by atoms with Gasteiger partial charge in [0.15, 0.2) is 17.3 Å². The van der Waals surface area contributed by atoms with Crippen LogP contribution < -0.4 is 14.2 Å². The molecule has 0 bridgehead atoms. The fourth-order valence-corrected chi connectivity index (χ4v) is 2.39. The molecule has 0 fully saturated rings. The van der Waals surface area contributed by atoms with Gasteiger partial charge in [-0.1, -0.05) is 11.6 Å². The van der Waals surface area contributed by atoms with Crippen molar-refractivity contribution in [2.45, 2.75) is 0 Å². The summed E-state index contributed by atoms with van der Waals surface area (Å²) in [4.78, 5) is 12.3. The molecule has 6 heteroatoms. The predicted octanol–water partition coefficient (Wildman–Crippen LogP) is 3.97. The Balaban J connectivity index is 2.38. The van der Waals surface area contributed by atoms with Crippen molar-refractivity contribution in [1.82, 2.24) is 0 Å². The first-order valence-corrected chi connectivity index (χ1v) is 7.39. The van der Waals surface area contributed by atoms with Gasteiger partial charge < -0.3 is 19.3 Å². The molecule has 0 aliphatic rings. The summed E-state index contributed by atoms with van der Waals surface area (Å²) in [6.07, 6.45) is 2.90. The van der Waals surface area contributed by atoms with Gasteiger partial charge in [-0.05, 0) is 42.5 Å². The van der Waals surface area contributed by atoms with Gasteiger partial charge in [0.2, 0.25) is 5.75 Å². The van der Waals surface area contributed by atoms with Gasteiger partial charge in [-0.25, -0.2) is 0 Å². The number of aromatic hydroxyl groups is 1. The van der Waals surface area contributed by atoms with Gasteiger partial charge in [0, 0.05) is 10.6 Å². The lowest BCUT2D eigenvalue weighted by atomic mass is 10.1. The van der Waals surface area contributed by atoms with Crippen molar-refractivity contribution in [2.75, 3.05) is 21.3 Å². The van der Waals surface area contributed by atoms with Crippen LogP contribution in [-0.2, 0) is 0 Å². The van der Waals surface area contributed by atoms with E-state index in [1.54, 1.807) is 18.2 Å². The largest absolute Gasteiger partial charge is 0.507 e. The lowest BCUT2D eigenvalue weighted by Crippen LogP contribution is -1.98. The Morgan fingerprint density at radius 1 is 1.04 bits per heavy atom. The van der Waals surface area contributed by atoms with Crippen molar-refractivity contribution >= 4 is 23.5 Å². The van der Waals surface area contributed by atoms with Crippen LogP contribution in [0.3, 0.4) is 0 Å². The van der Waals surface area contributed by atoms with Crippen LogP contribution in [0.15, 0.2) is 36.4 Å². The Bertz CT molecular complexity index is 783. The van der Waals surface area contributed by atoms with E-state index >= 15 is 0 Å². The fourth-order valence-electron chi connectivity index (χ4n) is 2.22. The summed E-state index contributed by atoms with van der Waals surface area (Å²) in [5.41, 5.74) is 0.753. The second-order valence-electron chi connectivity index (χ2n) is 4.78. The zero-order valence-corrected chi connectivity index (χ0v) is 14.3. The van der Waals surface area contributed by atoms with E-state index in [-0.39, 0.29) is 17.1 Å². The van der Waals surface area contributed by atoms with Gasteiger partial charge >= 0.3 is 0 Å². The zero-order chi connectivity index (χ0) is 17.7. The van der Waals surface area contributed by atoms with Crippen molar-refractivity contribution in [2.24, 2.45) is 0 Å². The third kappa shape index (κ3) is 3.63. The SMILES string of the molecule is COc1ccc(/C=C/C(=O)c2cc(Cl)ccc2O)c(OC)c1OC. The summed E-state index contributed by atoms with van der Waals surface area (Å²) in [5, 5.41) is 10.1. The molecular weight excluding hydrogens is 332 g/mol. The van der Waals surface area contributed by atoms with Crippen molar-refractivity contribution in [3.05, 3.63) is 52.6 Å². The van der Waals surface area contributed by atoms with E-state index < -0.39 is 0 Å². The smallest absolute Gasteiger partial charge is 0.203 e. The quantitative estimate of drug-likeness (QED) is 0.632. The number of carbonyl (C=O) groups excluding carboxylic acids is 1. The van der Waals surface area contributed by atoms with Gasteiger partial charge in [0.25, 0.3) is 0 Å². The summed E-state index contributed by atoms with van der Waals surface area (Å²) in [6.45, 7) is 0. The molecule has 0 aliphatic carbocycles. The Kier molecular flexibility index (Phi) is 5.71. The molecule has 1 N–H and O–H groups in total. The van der Waals surface area contributed by atoms with Gasteiger partial charge in [0.05, 0.1) is 26.9 Å². The van der Waals surface area contributed by atoms with Crippen molar-refractivity contribution in [3.8, 4) is 23.0 Å². The van der Waals surface area contributed by atoms with Crippen molar-refractivity contribution in [1.29, 1.82) is 0 Å². The second-order valence-corrected chi connectivity index (χ2v) is 5.22. The summed E-state index contributed by atoms with van der Waals surface area (Å²) in [7, 11) is 4.53. The van der Waals surface area contributed by atoms with Gasteiger partial charge in [-0.2, -0.15) is 0 Å². The molecule has 0 heterocycles. The number of halogens is 1. The molecule has 0 radical (unpaired) electrons. The molecule has 2 aromatic carbocycles. The summed E-state index contributed by atoms with van der Waals surface area (Å²) in [5.74, 6) is 0.877. The number of ether oxygens (including phenoxy) is 3. The van der Waals surface area contributed by atoms with Crippen LogP contribution >= 0.6 is 11.6 Å². The monoisotopic (exact) mass is 348 g/mol. The zero-order valence-electron chi connectivity index (χ0n) is 13.5. The number of hydrogen-bond acceptors (Lipinski definition) is 5. The Hall–Kier alpha value is -2.66. The molecule has 5 nitrogen and oxygen atoms in total. The third-order valence-electron chi connectivity index (χ3n) is 3.37. The van der Waals surface area contributed by atoms with Crippen LogP contribution in [-0.4, -0.2) is 32.2 Å². The van der Waals surface area contributed by atoms with Crippen LogP contribution in [0.25, 0.3) is 6.08 Å². The van der Waals surface area contributed by atoms with E-state index in [0.717, 1.165) is 0 Å². The average Bonchev–Trinajstić information content (AvgIpc) is 2.60. The molecule has 0 aromatic heterocycles. The minimum absolute atomic E-state index is 0.123. The Labute approximate surface area is 145 Å². The minimum Gasteiger partial charge on any atom is -0.507 e. The Morgan fingerprint density at radius 3 is 2.38 bits per heavy atom. The first kappa shape index (κ1) is 17.7. The van der Waals surface area contributed by atoms with E-state index in [0.29, 0.717) is 27.8 Å². The van der Waals surface area contributed by atoms with E-state index in [9.17, 15) is 9.90 Å². The number of rotatable bonds is 6. The highest BCUT2D eigenvalue weighted by molar-refractivity contribution is 6.31. The number of benzene rings is 2. The molecule has 0 spiro atoms. The number of hydrogen-bond donors (Lipinski definition) is 1. The second kappa shape index (κ2) is 7.75. The first-order chi connectivity index (χ1) is 11.5. The van der Waals surface area contributed by atoms with E-state index in [1.807, 2.05) is 0 Å². The first-order valence-electron chi connectivity index (χ1n) is 7.01. The molecule has 0 saturated heterocycles. The van der Waals surface area contributed by atoms with Crippen LogP contribution in [0.4, 0.5) is 0 Å². The van der Waals surface area contributed by atoms with E-state index in [1.165, 1.54) is 45.6 Å². The Morgan fingerprint density at radius 2 is 1.75 bits per heavy atom. The van der Waals surface area contributed by atoms with Crippen LogP contribution in [0.5, 0.6) is 23.0 Å². The fraction of sp³-hybridized carbons (Fsp3) is 0.167. The third-order valence-corrected chi connectivity index (χ3v) is 3.61. The number of phenols is 1. The molecular formula is C18H17ClO5. The minimum atomic E-state index is -0.383. The van der Waals surface area contributed by atoms with E-state index in [2.05, 4.69) is 0 Å². The molecule has 2 aromatic rings. The average molecular weight is 349 g/mol. The highest BCUT2D eigenvalue weighted by Gasteiger charge is 2.15. The summed E-state index contributed by atoms with van der Waals surface area (Å²) in [6, 6.07) is 7.74. The lowest BCUT2D eigenvalue weighted by Gasteiger charge is -2.13. The maximum Gasteiger partial charge on any atom is 0.203 e. The molecule has 0 aliphatic heterocycles. The molecule has 0 amide bonds. The van der Waals surface area contributed by atoms with Crippen LogP contribution in [0.1, 0.15) is 15.9 Å². The molecule has 0 atom stereocenters. The molecule has 0 saturated carbocycles. The highest BCUT2D eigenvalue weighted by Crippen LogP contribution is 2.40. The van der Waals surface area contributed by atoms with E-state index in [4.69, 9.17) is 25.8 Å². The summed E-state index contributed by atoms with van der Waals surface area (Å²) < 4.78 is 15.9. The maximum atomic E-state index is 12.3. The maximum absolute atomic E-state index is 12.3. The predicted molar refractivity (Wildman–Crippen MR) is 92.6 cm³/mol.